The van der Waals surface area contributed by atoms with Crippen molar-refractivity contribution in [3.63, 3.8) is 0 Å². The number of hydrogen-bond acceptors (Lipinski definition) is 14. The Hall–Kier alpha value is -6.40. The third kappa shape index (κ3) is 19.1. The quantitative estimate of drug-likeness (QED) is 0.0346. The Morgan fingerprint density at radius 2 is 1.32 bits per heavy atom. The number of nitrogens with zero attached hydrogens (tertiary/aromatic N) is 1. The van der Waals surface area contributed by atoms with E-state index in [9.17, 15) is 63.3 Å². The molecule has 0 bridgehead atoms. The average molecular weight is 963 g/mol. The minimum atomic E-state index is -1.60. The second-order valence-electron chi connectivity index (χ2n) is 17.4. The van der Waals surface area contributed by atoms with Crippen LogP contribution in [0.1, 0.15) is 97.5 Å². The highest BCUT2D eigenvalue weighted by atomic mass is 16.4. The van der Waals surface area contributed by atoms with Crippen LogP contribution in [-0.4, -0.2) is 153 Å². The first kappa shape index (κ1) is 57.7. The number of hydrogen-bond donors (Lipinski definition) is 13. The van der Waals surface area contributed by atoms with Gasteiger partial charge in [-0.1, -0.05) is 46.2 Å². The SMILES string of the molecule is CC[C@H](C)[C@H](NC(=O)[C@@H]1CCCN1C(=O)[C@H](CC(C)C)NC(=O)[C@H](CO)NC(=O)[C@@H](N)CC(=O)O)C(=O)N[C@@H](Cc1ccc(O)cc1)C(=O)N[C@@H](CCC(N)=O)C(=O)N[C@@H](CCCCN)C(=O)O. The molecule has 0 unspecified atom stereocenters. The second-order valence-corrected chi connectivity index (χ2v) is 17.4. The molecule has 1 aromatic carbocycles. The van der Waals surface area contributed by atoms with E-state index in [1.165, 1.54) is 29.2 Å². The lowest BCUT2D eigenvalue weighted by atomic mass is 9.96. The molecule has 1 saturated heterocycles. The zero-order chi connectivity index (χ0) is 51.2. The van der Waals surface area contributed by atoms with Gasteiger partial charge < -0.3 is 74.4 Å². The number of phenolic OH excluding ortho intramolecular Hbond substituents is 1. The number of rotatable bonds is 30. The number of carbonyl (C=O) groups excluding carboxylic acids is 8. The van der Waals surface area contributed by atoms with Gasteiger partial charge in [-0.15, -0.1) is 0 Å². The Balaban J connectivity index is 2.40. The minimum Gasteiger partial charge on any atom is -0.508 e. The number of unbranched alkanes of at least 4 members (excludes halogenated alkanes) is 1. The van der Waals surface area contributed by atoms with E-state index >= 15 is 0 Å². The van der Waals surface area contributed by atoms with Crippen LogP contribution in [0, 0.1) is 11.8 Å². The molecule has 0 spiro atoms. The number of primary amides is 1. The van der Waals surface area contributed by atoms with Crippen molar-refractivity contribution in [2.75, 3.05) is 19.7 Å². The largest absolute Gasteiger partial charge is 0.508 e. The molecule has 68 heavy (non-hydrogen) atoms. The fourth-order valence-electron chi connectivity index (χ4n) is 7.36. The van der Waals surface area contributed by atoms with Crippen LogP contribution in [0.25, 0.3) is 0 Å². The summed E-state index contributed by atoms with van der Waals surface area (Å²) in [6.07, 6.45) is 0.182. The zero-order valence-corrected chi connectivity index (χ0v) is 39.0. The molecular formula is C44H70N10O14. The summed E-state index contributed by atoms with van der Waals surface area (Å²) in [4.78, 5) is 132. The normalized spacial score (nSPS) is 16.9. The van der Waals surface area contributed by atoms with Crippen LogP contribution in [0.5, 0.6) is 5.75 Å². The number of aliphatic hydroxyl groups is 1. The van der Waals surface area contributed by atoms with Gasteiger partial charge in [-0.3, -0.25) is 43.2 Å². The van der Waals surface area contributed by atoms with Crippen LogP contribution in [0.2, 0.25) is 0 Å². The van der Waals surface area contributed by atoms with Crippen LogP contribution >= 0.6 is 0 Å². The number of nitrogens with one attached hydrogen (secondary N) is 6. The lowest BCUT2D eigenvalue weighted by Gasteiger charge is -2.32. The molecule has 1 heterocycles. The minimum absolute atomic E-state index is 0.0274. The van der Waals surface area contributed by atoms with Crippen molar-refractivity contribution in [1.29, 1.82) is 0 Å². The predicted molar refractivity (Wildman–Crippen MR) is 243 cm³/mol. The molecule has 0 aromatic heterocycles. The molecule has 16 N–H and O–H groups in total. The van der Waals surface area contributed by atoms with Gasteiger partial charge in [0.2, 0.25) is 47.3 Å². The molecule has 1 aromatic rings. The van der Waals surface area contributed by atoms with Gasteiger partial charge in [0.05, 0.1) is 19.1 Å². The van der Waals surface area contributed by atoms with E-state index in [0.717, 1.165) is 0 Å². The number of amides is 8. The van der Waals surface area contributed by atoms with Crippen molar-refractivity contribution >= 4 is 59.2 Å². The number of phenols is 1. The number of likely N-dealkylation sites (tertiary alicyclic amines) is 1. The molecular weight excluding hydrogens is 893 g/mol. The van der Waals surface area contributed by atoms with E-state index in [1.54, 1.807) is 27.7 Å². The maximum atomic E-state index is 14.3. The van der Waals surface area contributed by atoms with Crippen LogP contribution in [0.15, 0.2) is 24.3 Å². The highest BCUT2D eigenvalue weighted by molar-refractivity contribution is 5.98. The number of aliphatic hydroxyl groups excluding tert-OH is 1. The van der Waals surface area contributed by atoms with Gasteiger partial charge in [0.15, 0.2) is 0 Å². The van der Waals surface area contributed by atoms with E-state index in [1.807, 2.05) is 0 Å². The van der Waals surface area contributed by atoms with Crippen molar-refractivity contribution in [2.24, 2.45) is 29.0 Å². The number of aliphatic carboxylic acids is 2. The highest BCUT2D eigenvalue weighted by Gasteiger charge is 2.41. The molecule has 0 radical (unpaired) electrons. The molecule has 0 saturated carbocycles. The first-order valence-corrected chi connectivity index (χ1v) is 22.7. The second kappa shape index (κ2) is 28.7. The molecule has 380 valence electrons. The average Bonchev–Trinajstić information content (AvgIpc) is 3.77. The van der Waals surface area contributed by atoms with Gasteiger partial charge in [0, 0.05) is 19.4 Å². The number of carboxylic acid groups (broad SMARTS) is 2. The summed E-state index contributed by atoms with van der Waals surface area (Å²) in [7, 11) is 0. The summed E-state index contributed by atoms with van der Waals surface area (Å²) >= 11 is 0. The maximum absolute atomic E-state index is 14.3. The van der Waals surface area contributed by atoms with Crippen molar-refractivity contribution in [1.82, 2.24) is 36.8 Å². The number of nitrogens with two attached hydrogens (primary N) is 3. The Morgan fingerprint density at radius 3 is 1.88 bits per heavy atom. The van der Waals surface area contributed by atoms with Crippen molar-refractivity contribution in [3.8, 4) is 5.75 Å². The molecule has 8 amide bonds. The Kier molecular flexibility index (Phi) is 24.4. The van der Waals surface area contributed by atoms with E-state index in [2.05, 4.69) is 31.9 Å². The molecule has 1 fully saturated rings. The van der Waals surface area contributed by atoms with Crippen molar-refractivity contribution in [2.45, 2.75) is 147 Å². The maximum Gasteiger partial charge on any atom is 0.326 e. The number of benzene rings is 1. The number of carboxylic acids is 2. The fourth-order valence-corrected chi connectivity index (χ4v) is 7.36. The Bertz CT molecular complexity index is 1920. The third-order valence-corrected chi connectivity index (χ3v) is 11.4. The Labute approximate surface area is 394 Å². The Morgan fingerprint density at radius 1 is 0.750 bits per heavy atom. The van der Waals surface area contributed by atoms with Gasteiger partial charge >= 0.3 is 11.9 Å². The first-order chi connectivity index (χ1) is 32.0. The van der Waals surface area contributed by atoms with Crippen LogP contribution < -0.4 is 49.1 Å². The smallest absolute Gasteiger partial charge is 0.326 e. The van der Waals surface area contributed by atoms with Gasteiger partial charge in [-0.25, -0.2) is 4.79 Å². The van der Waals surface area contributed by atoms with Crippen LogP contribution in [0.3, 0.4) is 0 Å². The summed E-state index contributed by atoms with van der Waals surface area (Å²) < 4.78 is 0. The standard InChI is InChI=1S/C44H70N10O14/c1-5-24(4)36(53-41(64)33-10-8-18-54(33)43(66)31(19-23(2)3)51-40(63)32(22-55)52-37(60)27(46)21-35(58)59)42(65)50-30(20-25-11-13-26(56)14-12-25)39(62)48-28(15-16-34(47)57)38(61)49-29(44(67)68)9-6-7-17-45/h11-14,23-24,27-33,36,55-56H,5-10,15-22,45-46H2,1-4H3,(H2,47,57)(H,48,62)(H,49,61)(H,50,65)(H,51,63)(H,52,60)(H,53,64)(H,58,59)(H,67,68)/t24-,27-,28-,29-,30-,31-,32-,33-,36-/m0/s1. The predicted octanol–water partition coefficient (Wildman–Crippen LogP) is -2.80. The summed E-state index contributed by atoms with van der Waals surface area (Å²) in [5, 5.41) is 53.6. The summed E-state index contributed by atoms with van der Waals surface area (Å²) in [6.45, 7) is 6.45. The van der Waals surface area contributed by atoms with Gasteiger partial charge in [0.25, 0.3) is 0 Å². The molecule has 24 heteroatoms. The molecule has 2 rings (SSSR count). The van der Waals surface area contributed by atoms with E-state index < -0.39 is 126 Å². The number of aromatic hydroxyl groups is 1. The summed E-state index contributed by atoms with van der Waals surface area (Å²) in [5.41, 5.74) is 16.9. The molecule has 1 aliphatic rings. The summed E-state index contributed by atoms with van der Waals surface area (Å²) in [6, 6.07) is -5.41. The zero-order valence-electron chi connectivity index (χ0n) is 39.0. The van der Waals surface area contributed by atoms with E-state index in [0.29, 0.717) is 37.8 Å². The molecule has 1 aliphatic heterocycles. The fraction of sp³-hybridized carbons (Fsp3) is 0.636. The molecule has 24 nitrogen and oxygen atoms in total. The van der Waals surface area contributed by atoms with E-state index in [4.69, 9.17) is 22.3 Å². The van der Waals surface area contributed by atoms with Crippen molar-refractivity contribution < 1.29 is 68.4 Å². The highest BCUT2D eigenvalue weighted by Crippen LogP contribution is 2.22. The lowest BCUT2D eigenvalue weighted by molar-refractivity contribution is -0.143. The van der Waals surface area contributed by atoms with Crippen LogP contribution in [0.4, 0.5) is 0 Å². The van der Waals surface area contributed by atoms with E-state index in [-0.39, 0.29) is 56.7 Å². The molecule has 9 atom stereocenters. The summed E-state index contributed by atoms with van der Waals surface area (Å²) in [5.74, 6) is -10.4. The molecule has 0 aliphatic carbocycles. The van der Waals surface area contributed by atoms with Gasteiger partial charge in [0.1, 0.15) is 48.0 Å². The number of carbonyl (C=O) groups is 10. The van der Waals surface area contributed by atoms with Crippen LogP contribution in [-0.2, 0) is 54.4 Å². The van der Waals surface area contributed by atoms with Gasteiger partial charge in [-0.05, 0) is 81.0 Å². The topological polar surface area (TPSA) is 405 Å². The third-order valence-electron chi connectivity index (χ3n) is 11.4. The first-order valence-electron chi connectivity index (χ1n) is 22.7. The van der Waals surface area contributed by atoms with Gasteiger partial charge in [-0.2, -0.15) is 0 Å². The lowest BCUT2D eigenvalue weighted by Crippen LogP contribution is -2.61. The monoisotopic (exact) mass is 963 g/mol. The van der Waals surface area contributed by atoms with Crippen molar-refractivity contribution in [3.05, 3.63) is 29.8 Å².